The summed E-state index contributed by atoms with van der Waals surface area (Å²) in [5.74, 6) is 0.0565. The van der Waals surface area contributed by atoms with E-state index in [2.05, 4.69) is 10.3 Å². The number of aromatic nitrogens is 1. The molecule has 0 radical (unpaired) electrons. The lowest BCUT2D eigenvalue weighted by Gasteiger charge is -2.19. The predicted octanol–water partition coefficient (Wildman–Crippen LogP) is 2.17. The fraction of sp³-hybridized carbons (Fsp3) is 0.583. The second kappa shape index (κ2) is 6.49. The number of hydrogen-bond donors (Lipinski definition) is 1. The van der Waals surface area contributed by atoms with Crippen LogP contribution in [-0.4, -0.2) is 29.0 Å². The van der Waals surface area contributed by atoms with Gasteiger partial charge in [-0.1, -0.05) is 0 Å². The molecule has 0 aromatic carbocycles. The van der Waals surface area contributed by atoms with Crippen LogP contribution in [0.1, 0.15) is 32.2 Å². The average Bonchev–Trinajstić information content (AvgIpc) is 2.67. The maximum absolute atomic E-state index is 11.6. The monoisotopic (exact) mass is 270 g/mol. The molecule has 1 rings (SSSR count). The number of hydrogen-bond acceptors (Lipinski definition) is 5. The molecule has 1 aromatic rings. The Morgan fingerprint density at radius 3 is 2.72 bits per heavy atom. The molecule has 0 fully saturated rings. The third kappa shape index (κ3) is 6.34. The second-order valence-corrected chi connectivity index (χ2v) is 5.80. The molecule has 5 nitrogen and oxygen atoms in total. The molecule has 0 aliphatic carbocycles. The molecule has 100 valence electrons. The largest absolute Gasteiger partial charge is 0.444 e. The molecule has 1 aromatic heterocycles. The van der Waals surface area contributed by atoms with Crippen LogP contribution in [0.5, 0.6) is 0 Å². The summed E-state index contributed by atoms with van der Waals surface area (Å²) in [7, 11) is 0. The standard InChI is InChI=1S/C12H18N2O3S/c1-12(2,3)17-11(16)14-5-4-9(15)8-10-13-6-7-18-10/h6-7H,4-5,8H2,1-3H3,(H,14,16). The van der Waals surface area contributed by atoms with E-state index in [1.165, 1.54) is 11.3 Å². The minimum Gasteiger partial charge on any atom is -0.444 e. The summed E-state index contributed by atoms with van der Waals surface area (Å²) in [6.07, 6.45) is 1.79. The molecule has 0 bridgehead atoms. The van der Waals surface area contributed by atoms with Crippen molar-refractivity contribution in [2.75, 3.05) is 6.54 Å². The highest BCUT2D eigenvalue weighted by Crippen LogP contribution is 2.07. The van der Waals surface area contributed by atoms with Crippen molar-refractivity contribution in [2.24, 2.45) is 0 Å². The molecule has 0 aliphatic rings. The summed E-state index contributed by atoms with van der Waals surface area (Å²) in [6, 6.07) is 0. The summed E-state index contributed by atoms with van der Waals surface area (Å²) in [6.45, 7) is 5.67. The SMILES string of the molecule is CC(C)(C)OC(=O)NCCC(=O)Cc1nccs1. The molecule has 0 aliphatic heterocycles. The number of thiazole rings is 1. The van der Waals surface area contributed by atoms with Gasteiger partial charge in [0, 0.05) is 24.5 Å². The van der Waals surface area contributed by atoms with E-state index in [4.69, 9.17) is 4.74 Å². The Kier molecular flexibility index (Phi) is 5.27. The van der Waals surface area contributed by atoms with Crippen LogP contribution in [0.2, 0.25) is 0 Å². The zero-order valence-corrected chi connectivity index (χ0v) is 11.7. The lowest BCUT2D eigenvalue weighted by atomic mass is 10.2. The third-order valence-electron chi connectivity index (χ3n) is 1.90. The van der Waals surface area contributed by atoms with Gasteiger partial charge < -0.3 is 10.1 Å². The molecule has 18 heavy (non-hydrogen) atoms. The number of carbonyl (C=O) groups is 2. The summed E-state index contributed by atoms with van der Waals surface area (Å²) >= 11 is 1.45. The summed E-state index contributed by atoms with van der Waals surface area (Å²) in [5, 5.41) is 5.19. The minimum absolute atomic E-state index is 0.0565. The zero-order valence-electron chi connectivity index (χ0n) is 10.9. The van der Waals surface area contributed by atoms with Crippen LogP contribution < -0.4 is 5.32 Å². The molecule has 0 saturated carbocycles. The fourth-order valence-corrected chi connectivity index (χ4v) is 1.86. The first-order valence-electron chi connectivity index (χ1n) is 5.74. The van der Waals surface area contributed by atoms with Gasteiger partial charge >= 0.3 is 6.09 Å². The van der Waals surface area contributed by atoms with Gasteiger partial charge in [-0.2, -0.15) is 0 Å². The van der Waals surface area contributed by atoms with Crippen molar-refractivity contribution in [3.8, 4) is 0 Å². The first kappa shape index (κ1) is 14.6. The van der Waals surface area contributed by atoms with Gasteiger partial charge in [-0.25, -0.2) is 9.78 Å². The first-order valence-corrected chi connectivity index (χ1v) is 6.62. The summed E-state index contributed by atoms with van der Waals surface area (Å²) < 4.78 is 5.05. The van der Waals surface area contributed by atoms with Crippen LogP contribution in [0.3, 0.4) is 0 Å². The number of amides is 1. The van der Waals surface area contributed by atoms with E-state index in [0.717, 1.165) is 5.01 Å². The molecule has 1 amide bonds. The van der Waals surface area contributed by atoms with Gasteiger partial charge in [-0.3, -0.25) is 4.79 Å². The van der Waals surface area contributed by atoms with E-state index < -0.39 is 11.7 Å². The number of nitrogens with one attached hydrogen (secondary N) is 1. The van der Waals surface area contributed by atoms with E-state index in [-0.39, 0.29) is 5.78 Å². The van der Waals surface area contributed by atoms with E-state index in [1.807, 2.05) is 5.38 Å². The van der Waals surface area contributed by atoms with Gasteiger partial charge in [0.1, 0.15) is 11.4 Å². The number of Topliss-reactive ketones (excluding diaryl/α,β-unsaturated/α-hetero) is 1. The van der Waals surface area contributed by atoms with Crippen molar-refractivity contribution in [1.29, 1.82) is 0 Å². The molecule has 0 unspecified atom stereocenters. The number of ketones is 1. The van der Waals surface area contributed by atoms with Crippen LogP contribution in [0.15, 0.2) is 11.6 Å². The van der Waals surface area contributed by atoms with Crippen LogP contribution in [0.25, 0.3) is 0 Å². The fourth-order valence-electron chi connectivity index (χ4n) is 1.22. The van der Waals surface area contributed by atoms with Gasteiger partial charge in [-0.15, -0.1) is 11.3 Å². The lowest BCUT2D eigenvalue weighted by molar-refractivity contribution is -0.118. The Labute approximate surface area is 111 Å². The van der Waals surface area contributed by atoms with Crippen molar-refractivity contribution in [2.45, 2.75) is 39.2 Å². The molecule has 1 N–H and O–H groups in total. The zero-order chi connectivity index (χ0) is 13.6. The minimum atomic E-state index is -0.519. The Balaban J connectivity index is 2.18. The van der Waals surface area contributed by atoms with Gasteiger partial charge in [-0.05, 0) is 20.8 Å². The van der Waals surface area contributed by atoms with Crippen LogP contribution >= 0.6 is 11.3 Å². The van der Waals surface area contributed by atoms with Crippen LogP contribution in [0, 0.1) is 0 Å². The quantitative estimate of drug-likeness (QED) is 0.890. The molecular formula is C12H18N2O3S. The molecular weight excluding hydrogens is 252 g/mol. The van der Waals surface area contributed by atoms with E-state index in [0.29, 0.717) is 19.4 Å². The smallest absolute Gasteiger partial charge is 0.407 e. The predicted molar refractivity (Wildman–Crippen MR) is 69.7 cm³/mol. The number of carbonyl (C=O) groups excluding carboxylic acids is 2. The molecule has 0 saturated heterocycles. The Bertz CT molecular complexity index is 396. The van der Waals surface area contributed by atoms with Crippen molar-refractivity contribution in [1.82, 2.24) is 10.3 Å². The second-order valence-electron chi connectivity index (χ2n) is 4.82. The van der Waals surface area contributed by atoms with Gasteiger partial charge in [0.2, 0.25) is 0 Å². The highest BCUT2D eigenvalue weighted by atomic mass is 32.1. The molecule has 0 spiro atoms. The summed E-state index contributed by atoms with van der Waals surface area (Å²) in [4.78, 5) is 26.9. The molecule has 1 heterocycles. The number of rotatable bonds is 5. The number of alkyl carbamates (subject to hydrolysis) is 1. The van der Waals surface area contributed by atoms with Gasteiger partial charge in [0.05, 0.1) is 11.4 Å². The van der Waals surface area contributed by atoms with E-state index >= 15 is 0 Å². The molecule has 0 atom stereocenters. The highest BCUT2D eigenvalue weighted by Gasteiger charge is 2.15. The van der Waals surface area contributed by atoms with E-state index in [9.17, 15) is 9.59 Å². The number of nitrogens with zero attached hydrogens (tertiary/aromatic N) is 1. The van der Waals surface area contributed by atoms with Crippen LogP contribution in [0.4, 0.5) is 4.79 Å². The normalized spacial score (nSPS) is 11.1. The van der Waals surface area contributed by atoms with E-state index in [1.54, 1.807) is 27.0 Å². The van der Waals surface area contributed by atoms with Crippen molar-refractivity contribution in [3.63, 3.8) is 0 Å². The Morgan fingerprint density at radius 1 is 1.44 bits per heavy atom. The Morgan fingerprint density at radius 2 is 2.17 bits per heavy atom. The van der Waals surface area contributed by atoms with Gasteiger partial charge in [0.25, 0.3) is 0 Å². The molecule has 6 heteroatoms. The van der Waals surface area contributed by atoms with Crippen molar-refractivity contribution in [3.05, 3.63) is 16.6 Å². The van der Waals surface area contributed by atoms with Crippen molar-refractivity contribution >= 4 is 23.2 Å². The lowest BCUT2D eigenvalue weighted by Crippen LogP contribution is -2.33. The summed E-state index contributed by atoms with van der Waals surface area (Å²) in [5.41, 5.74) is -0.519. The number of ether oxygens (including phenoxy) is 1. The maximum Gasteiger partial charge on any atom is 0.407 e. The average molecular weight is 270 g/mol. The van der Waals surface area contributed by atoms with Crippen LogP contribution in [-0.2, 0) is 16.0 Å². The Hall–Kier alpha value is -1.43. The van der Waals surface area contributed by atoms with Crippen molar-refractivity contribution < 1.29 is 14.3 Å². The maximum atomic E-state index is 11.6. The topological polar surface area (TPSA) is 68.3 Å². The first-order chi connectivity index (χ1) is 8.37. The third-order valence-corrected chi connectivity index (χ3v) is 2.68. The van der Waals surface area contributed by atoms with Gasteiger partial charge in [0.15, 0.2) is 0 Å². The highest BCUT2D eigenvalue weighted by molar-refractivity contribution is 7.09.